The maximum absolute atomic E-state index is 3.19. The van der Waals surface area contributed by atoms with Crippen molar-refractivity contribution >= 4 is 0 Å². The molecule has 1 atom stereocenters. The fraction of sp³-hybridized carbons (Fsp3) is 0.833. The Morgan fingerprint density at radius 2 is 1.62 bits per heavy atom. The highest BCUT2D eigenvalue weighted by atomic mass is 14.8. The molecule has 0 aliphatic heterocycles. The summed E-state index contributed by atoms with van der Waals surface area (Å²) in [6.07, 6.45) is 3.32. The van der Waals surface area contributed by atoms with Crippen LogP contribution in [0.5, 0.6) is 0 Å². The van der Waals surface area contributed by atoms with Gasteiger partial charge in [0.25, 0.3) is 0 Å². The van der Waals surface area contributed by atoms with Crippen molar-refractivity contribution in [2.24, 2.45) is 0 Å². The Balaban J connectivity index is -0.000000218. The quantitative estimate of drug-likeness (QED) is 0.658. The molecule has 0 saturated carbocycles. The van der Waals surface area contributed by atoms with Gasteiger partial charge in [-0.25, -0.2) is 0 Å². The minimum absolute atomic E-state index is 0.612. The minimum Gasteiger partial charge on any atom is -0.317 e. The van der Waals surface area contributed by atoms with E-state index in [0.717, 1.165) is 6.42 Å². The van der Waals surface area contributed by atoms with Crippen molar-refractivity contribution < 1.29 is 0 Å². The highest BCUT2D eigenvalue weighted by Gasteiger charge is 1.96. The first kappa shape index (κ1) is 18.5. The fourth-order valence-corrected chi connectivity index (χ4v) is 0.703. The zero-order valence-corrected chi connectivity index (χ0v) is 10.9. The Labute approximate surface area is 85.6 Å². The van der Waals surface area contributed by atoms with E-state index in [2.05, 4.69) is 32.2 Å². The second kappa shape index (κ2) is 17.7. The van der Waals surface area contributed by atoms with Crippen LogP contribution >= 0.6 is 0 Å². The molecule has 0 saturated heterocycles. The lowest BCUT2D eigenvalue weighted by molar-refractivity contribution is 0.605. The van der Waals surface area contributed by atoms with Gasteiger partial charge in [-0.15, -0.1) is 0 Å². The summed E-state index contributed by atoms with van der Waals surface area (Å²) in [6.45, 7) is 14.4. The van der Waals surface area contributed by atoms with Gasteiger partial charge in [-0.3, -0.25) is 0 Å². The smallest absolute Gasteiger partial charge is 0.00727 e. The maximum atomic E-state index is 3.19. The number of rotatable bonds is 3. The van der Waals surface area contributed by atoms with Crippen molar-refractivity contribution in [1.29, 1.82) is 0 Å². The van der Waals surface area contributed by atoms with Crippen molar-refractivity contribution in [2.45, 2.75) is 60.9 Å². The van der Waals surface area contributed by atoms with Gasteiger partial charge in [0.05, 0.1) is 0 Å². The first-order chi connectivity index (χ1) is 6.20. The van der Waals surface area contributed by atoms with Gasteiger partial charge in [0.1, 0.15) is 0 Å². The second-order valence-corrected chi connectivity index (χ2v) is 2.53. The predicted octanol–water partition coefficient (Wildman–Crippen LogP) is 4.00. The molecule has 82 valence electrons. The van der Waals surface area contributed by atoms with Gasteiger partial charge in [0.2, 0.25) is 0 Å². The van der Waals surface area contributed by atoms with Crippen molar-refractivity contribution in [3.63, 3.8) is 0 Å². The summed E-state index contributed by atoms with van der Waals surface area (Å²) < 4.78 is 0. The van der Waals surface area contributed by atoms with Gasteiger partial charge in [-0.2, -0.15) is 0 Å². The molecule has 1 N–H and O–H groups in total. The van der Waals surface area contributed by atoms with Gasteiger partial charge in [-0.05, 0) is 34.2 Å². The molecule has 0 amide bonds. The summed E-state index contributed by atoms with van der Waals surface area (Å²) in [4.78, 5) is 0. The molecule has 13 heavy (non-hydrogen) atoms. The fourth-order valence-electron chi connectivity index (χ4n) is 0.703. The average Bonchev–Trinajstić information content (AvgIpc) is 2.23. The molecule has 0 aliphatic carbocycles. The van der Waals surface area contributed by atoms with Crippen LogP contribution in [0.2, 0.25) is 0 Å². The van der Waals surface area contributed by atoms with Gasteiger partial charge in [-0.1, -0.05) is 39.3 Å². The van der Waals surface area contributed by atoms with Crippen molar-refractivity contribution in [3.05, 3.63) is 11.6 Å². The summed E-state index contributed by atoms with van der Waals surface area (Å²) >= 11 is 0. The zero-order chi connectivity index (χ0) is 11.3. The third kappa shape index (κ3) is 18.6. The largest absolute Gasteiger partial charge is 0.317 e. The highest BCUT2D eigenvalue weighted by Crippen LogP contribution is 2.02. The monoisotopic (exact) mass is 187 g/mol. The summed E-state index contributed by atoms with van der Waals surface area (Å²) in [7, 11) is 1.99. The molecule has 0 rings (SSSR count). The van der Waals surface area contributed by atoms with Crippen LogP contribution in [0, 0.1) is 0 Å². The summed E-state index contributed by atoms with van der Waals surface area (Å²) in [5.41, 5.74) is 1.46. The lowest BCUT2D eigenvalue weighted by Crippen LogP contribution is -2.20. The molecule has 0 aromatic rings. The molecule has 1 unspecified atom stereocenters. The van der Waals surface area contributed by atoms with Crippen LogP contribution in [0.1, 0.15) is 54.9 Å². The lowest BCUT2D eigenvalue weighted by atomic mass is 10.1. The Morgan fingerprint density at radius 3 is 1.85 bits per heavy atom. The number of hydrogen-bond acceptors (Lipinski definition) is 1. The molecule has 0 aliphatic rings. The van der Waals surface area contributed by atoms with E-state index in [4.69, 9.17) is 0 Å². The van der Waals surface area contributed by atoms with Crippen LogP contribution in [-0.4, -0.2) is 13.1 Å². The molecule has 0 spiro atoms. The molecular weight excluding hydrogens is 158 g/mol. The van der Waals surface area contributed by atoms with E-state index >= 15 is 0 Å². The number of hydrogen-bond donors (Lipinski definition) is 1. The summed E-state index contributed by atoms with van der Waals surface area (Å²) in [6, 6.07) is 0.612. The van der Waals surface area contributed by atoms with Crippen LogP contribution in [0.3, 0.4) is 0 Å². The molecule has 1 nitrogen and oxygen atoms in total. The van der Waals surface area contributed by atoms with Crippen LogP contribution in [0.4, 0.5) is 0 Å². The standard InChI is InChI=1S/C8H17N.2C2H6/c1-5-7(2)6-8(3)9-4;2*1-2/h5,8-9H,6H2,1-4H3;2*1-2H3/b7-5-;;. The summed E-state index contributed by atoms with van der Waals surface area (Å²) in [5.74, 6) is 0. The zero-order valence-electron chi connectivity index (χ0n) is 10.9. The van der Waals surface area contributed by atoms with Crippen molar-refractivity contribution in [1.82, 2.24) is 5.32 Å². The maximum Gasteiger partial charge on any atom is 0.00727 e. The predicted molar refractivity (Wildman–Crippen MR) is 65.3 cm³/mol. The molecular formula is C12H29N. The number of allylic oxidation sites excluding steroid dienone is 1. The van der Waals surface area contributed by atoms with E-state index in [9.17, 15) is 0 Å². The summed E-state index contributed by atoms with van der Waals surface area (Å²) in [5, 5.41) is 3.19. The van der Waals surface area contributed by atoms with Crippen LogP contribution in [-0.2, 0) is 0 Å². The normalized spacial score (nSPS) is 11.8. The molecule has 0 aromatic carbocycles. The molecule has 0 bridgehead atoms. The van der Waals surface area contributed by atoms with E-state index in [1.54, 1.807) is 0 Å². The van der Waals surface area contributed by atoms with E-state index in [1.165, 1.54) is 5.57 Å². The SMILES string of the molecule is C/C=C(/C)CC(C)NC.CC.CC. The van der Waals surface area contributed by atoms with Crippen LogP contribution < -0.4 is 5.32 Å². The van der Waals surface area contributed by atoms with Crippen LogP contribution in [0.25, 0.3) is 0 Å². The average molecular weight is 187 g/mol. The molecule has 0 heterocycles. The van der Waals surface area contributed by atoms with Crippen LogP contribution in [0.15, 0.2) is 11.6 Å². The van der Waals surface area contributed by atoms with Gasteiger partial charge in [0.15, 0.2) is 0 Å². The lowest BCUT2D eigenvalue weighted by Gasteiger charge is -2.08. The second-order valence-electron chi connectivity index (χ2n) is 2.53. The third-order valence-electron chi connectivity index (χ3n) is 1.61. The third-order valence-corrected chi connectivity index (χ3v) is 1.61. The first-order valence-electron chi connectivity index (χ1n) is 5.49. The Kier molecular flexibility index (Phi) is 25.2. The minimum atomic E-state index is 0.612. The van der Waals surface area contributed by atoms with E-state index < -0.39 is 0 Å². The van der Waals surface area contributed by atoms with Gasteiger partial charge in [0, 0.05) is 6.04 Å². The topological polar surface area (TPSA) is 12.0 Å². The Morgan fingerprint density at radius 1 is 1.23 bits per heavy atom. The number of nitrogens with one attached hydrogen (secondary N) is 1. The van der Waals surface area contributed by atoms with Gasteiger partial charge >= 0.3 is 0 Å². The molecule has 1 heteroatoms. The van der Waals surface area contributed by atoms with E-state index in [0.29, 0.717) is 6.04 Å². The molecule has 0 aromatic heterocycles. The van der Waals surface area contributed by atoms with Crippen molar-refractivity contribution in [2.75, 3.05) is 7.05 Å². The molecule has 0 fully saturated rings. The Hall–Kier alpha value is -0.300. The van der Waals surface area contributed by atoms with E-state index in [1.807, 2.05) is 34.7 Å². The highest BCUT2D eigenvalue weighted by molar-refractivity contribution is 4.97. The Bertz CT molecular complexity index is 95.3. The molecule has 0 radical (unpaired) electrons. The first-order valence-corrected chi connectivity index (χ1v) is 5.49. The van der Waals surface area contributed by atoms with E-state index in [-0.39, 0.29) is 0 Å². The van der Waals surface area contributed by atoms with Gasteiger partial charge < -0.3 is 5.32 Å². The van der Waals surface area contributed by atoms with Crippen molar-refractivity contribution in [3.8, 4) is 0 Å².